The molecule has 0 aromatic carbocycles. The predicted octanol–water partition coefficient (Wildman–Crippen LogP) is 2.25. The van der Waals surface area contributed by atoms with Gasteiger partial charge >= 0.3 is 0 Å². The summed E-state index contributed by atoms with van der Waals surface area (Å²) >= 11 is 3.44. The standard InChI is InChI=1S/C8H16BrN3/c1-8(2,3)5-7-11(4)10-6-12(7)9/h6-7H,5H2,1-4H3. The van der Waals surface area contributed by atoms with Crippen LogP contribution in [0.25, 0.3) is 0 Å². The molecular weight excluding hydrogens is 218 g/mol. The molecule has 1 aliphatic rings. The molecule has 1 heterocycles. The van der Waals surface area contributed by atoms with E-state index in [9.17, 15) is 0 Å². The molecule has 70 valence electrons. The van der Waals surface area contributed by atoms with Crippen LogP contribution in [-0.4, -0.2) is 28.5 Å². The third kappa shape index (κ3) is 2.37. The lowest BCUT2D eigenvalue weighted by molar-refractivity contribution is 0.159. The minimum atomic E-state index is 0.332. The minimum Gasteiger partial charge on any atom is -0.275 e. The maximum Gasteiger partial charge on any atom is 0.129 e. The minimum absolute atomic E-state index is 0.332. The average Bonchev–Trinajstić information content (AvgIpc) is 2.16. The Balaban J connectivity index is 2.53. The Morgan fingerprint density at radius 2 is 2.08 bits per heavy atom. The van der Waals surface area contributed by atoms with Crippen LogP contribution in [-0.2, 0) is 0 Å². The Bertz CT molecular complexity index is 173. The van der Waals surface area contributed by atoms with Gasteiger partial charge in [-0.15, -0.1) is 0 Å². The molecule has 1 atom stereocenters. The highest BCUT2D eigenvalue weighted by Gasteiger charge is 2.28. The van der Waals surface area contributed by atoms with Crippen LogP contribution in [0.1, 0.15) is 27.2 Å². The van der Waals surface area contributed by atoms with Crippen LogP contribution in [0.15, 0.2) is 5.10 Å². The number of halogens is 1. The van der Waals surface area contributed by atoms with Crippen molar-refractivity contribution >= 4 is 22.5 Å². The zero-order valence-corrected chi connectivity index (χ0v) is 9.67. The molecule has 1 aliphatic heterocycles. The largest absolute Gasteiger partial charge is 0.275 e. The smallest absolute Gasteiger partial charge is 0.129 e. The van der Waals surface area contributed by atoms with Crippen molar-refractivity contribution in [2.75, 3.05) is 7.05 Å². The van der Waals surface area contributed by atoms with Gasteiger partial charge < -0.3 is 0 Å². The topological polar surface area (TPSA) is 18.8 Å². The molecule has 12 heavy (non-hydrogen) atoms. The van der Waals surface area contributed by atoms with Crippen molar-refractivity contribution in [2.24, 2.45) is 10.5 Å². The molecule has 4 heteroatoms. The summed E-state index contributed by atoms with van der Waals surface area (Å²) in [6, 6.07) is 0. The molecule has 0 radical (unpaired) electrons. The maximum atomic E-state index is 4.17. The normalized spacial score (nSPS) is 23.9. The summed E-state index contributed by atoms with van der Waals surface area (Å²) in [5.41, 5.74) is 0.332. The number of rotatable bonds is 1. The van der Waals surface area contributed by atoms with E-state index >= 15 is 0 Å². The SMILES string of the molecule is CN1N=CN(Br)C1CC(C)(C)C. The monoisotopic (exact) mass is 233 g/mol. The third-order valence-electron chi connectivity index (χ3n) is 1.86. The molecule has 0 spiro atoms. The highest BCUT2D eigenvalue weighted by molar-refractivity contribution is 9.07. The fraction of sp³-hybridized carbons (Fsp3) is 0.875. The number of hydrogen-bond acceptors (Lipinski definition) is 3. The van der Waals surface area contributed by atoms with Crippen LogP contribution in [0, 0.1) is 5.41 Å². The van der Waals surface area contributed by atoms with Crippen molar-refractivity contribution in [3.63, 3.8) is 0 Å². The third-order valence-corrected chi connectivity index (χ3v) is 2.51. The Labute approximate surface area is 82.8 Å². The van der Waals surface area contributed by atoms with Crippen LogP contribution >= 0.6 is 16.1 Å². The van der Waals surface area contributed by atoms with E-state index in [0.717, 1.165) is 6.42 Å². The first-order valence-corrected chi connectivity index (χ1v) is 4.82. The van der Waals surface area contributed by atoms with Crippen LogP contribution in [0.4, 0.5) is 0 Å². The fourth-order valence-corrected chi connectivity index (χ4v) is 1.70. The van der Waals surface area contributed by atoms with Gasteiger partial charge in [0, 0.05) is 7.05 Å². The van der Waals surface area contributed by atoms with E-state index in [0.29, 0.717) is 11.6 Å². The Kier molecular flexibility index (Phi) is 2.66. The lowest BCUT2D eigenvalue weighted by atomic mass is 9.90. The molecule has 0 aromatic heterocycles. The van der Waals surface area contributed by atoms with E-state index in [1.807, 2.05) is 16.0 Å². The second kappa shape index (κ2) is 3.24. The highest BCUT2D eigenvalue weighted by Crippen LogP contribution is 2.28. The summed E-state index contributed by atoms with van der Waals surface area (Å²) in [4.78, 5) is 0. The Hall–Kier alpha value is -0.250. The van der Waals surface area contributed by atoms with Crippen molar-refractivity contribution in [3.8, 4) is 0 Å². The quantitative estimate of drug-likeness (QED) is 0.648. The Morgan fingerprint density at radius 3 is 2.42 bits per heavy atom. The summed E-state index contributed by atoms with van der Waals surface area (Å²) in [6.07, 6.45) is 3.25. The predicted molar refractivity (Wildman–Crippen MR) is 54.9 cm³/mol. The molecule has 0 aromatic rings. The van der Waals surface area contributed by atoms with E-state index < -0.39 is 0 Å². The molecule has 0 saturated carbocycles. The van der Waals surface area contributed by atoms with Crippen LogP contribution in [0.5, 0.6) is 0 Å². The highest BCUT2D eigenvalue weighted by atomic mass is 79.9. The summed E-state index contributed by atoms with van der Waals surface area (Å²) in [7, 11) is 1.99. The van der Waals surface area contributed by atoms with Gasteiger partial charge in [-0.2, -0.15) is 5.10 Å². The molecule has 0 fully saturated rings. The van der Waals surface area contributed by atoms with Crippen molar-refractivity contribution in [3.05, 3.63) is 0 Å². The van der Waals surface area contributed by atoms with E-state index in [1.54, 1.807) is 6.34 Å². The molecule has 1 rings (SSSR count). The van der Waals surface area contributed by atoms with E-state index in [2.05, 4.69) is 42.0 Å². The lowest BCUT2D eigenvalue weighted by Crippen LogP contribution is -2.35. The lowest BCUT2D eigenvalue weighted by Gasteiger charge is -2.29. The van der Waals surface area contributed by atoms with E-state index in [1.165, 1.54) is 0 Å². The molecular formula is C8H16BrN3. The first-order chi connectivity index (χ1) is 5.40. The van der Waals surface area contributed by atoms with Gasteiger partial charge in [0.1, 0.15) is 12.5 Å². The van der Waals surface area contributed by atoms with E-state index in [4.69, 9.17) is 0 Å². The van der Waals surface area contributed by atoms with Gasteiger partial charge in [-0.05, 0) is 11.8 Å². The summed E-state index contributed by atoms with van der Waals surface area (Å²) in [5.74, 6) is 0. The van der Waals surface area contributed by atoms with Crippen molar-refractivity contribution in [2.45, 2.75) is 33.4 Å². The first kappa shape index (κ1) is 9.84. The molecule has 3 nitrogen and oxygen atoms in total. The number of nitrogens with zero attached hydrogens (tertiary/aromatic N) is 3. The van der Waals surface area contributed by atoms with Crippen molar-refractivity contribution in [1.82, 2.24) is 8.93 Å². The van der Waals surface area contributed by atoms with E-state index in [-0.39, 0.29) is 0 Å². The molecule has 0 saturated heterocycles. The first-order valence-electron chi connectivity index (χ1n) is 4.11. The summed E-state index contributed by atoms with van der Waals surface area (Å²) < 4.78 is 1.97. The fourth-order valence-electron chi connectivity index (χ4n) is 1.21. The Morgan fingerprint density at radius 1 is 1.50 bits per heavy atom. The molecule has 0 amide bonds. The van der Waals surface area contributed by atoms with Gasteiger partial charge in [-0.3, -0.25) is 8.93 Å². The molecule has 1 unspecified atom stereocenters. The van der Waals surface area contributed by atoms with Crippen molar-refractivity contribution < 1.29 is 0 Å². The average molecular weight is 234 g/mol. The zero-order chi connectivity index (χ0) is 9.35. The van der Waals surface area contributed by atoms with Gasteiger partial charge in [-0.1, -0.05) is 20.8 Å². The van der Waals surface area contributed by atoms with Crippen LogP contribution in [0.2, 0.25) is 0 Å². The number of hydrazone groups is 1. The number of hydrogen-bond donors (Lipinski definition) is 0. The molecule has 0 bridgehead atoms. The zero-order valence-electron chi connectivity index (χ0n) is 8.08. The van der Waals surface area contributed by atoms with Gasteiger partial charge in [0.25, 0.3) is 0 Å². The van der Waals surface area contributed by atoms with Gasteiger partial charge in [-0.25, -0.2) is 0 Å². The second-order valence-corrected chi connectivity index (χ2v) is 5.21. The maximum absolute atomic E-state index is 4.17. The summed E-state index contributed by atoms with van der Waals surface area (Å²) in [5, 5.41) is 6.14. The van der Waals surface area contributed by atoms with Crippen molar-refractivity contribution in [1.29, 1.82) is 0 Å². The second-order valence-electron chi connectivity index (χ2n) is 4.39. The van der Waals surface area contributed by atoms with Crippen LogP contribution in [0.3, 0.4) is 0 Å². The molecule has 0 N–H and O–H groups in total. The van der Waals surface area contributed by atoms with Gasteiger partial charge in [0.05, 0.1) is 16.1 Å². The van der Waals surface area contributed by atoms with Crippen LogP contribution < -0.4 is 0 Å². The van der Waals surface area contributed by atoms with Gasteiger partial charge in [0.2, 0.25) is 0 Å². The van der Waals surface area contributed by atoms with Gasteiger partial charge in [0.15, 0.2) is 0 Å². The molecule has 0 aliphatic carbocycles. The summed E-state index contributed by atoms with van der Waals surface area (Å²) in [6.45, 7) is 6.71.